The van der Waals surface area contributed by atoms with Gasteiger partial charge in [0.1, 0.15) is 0 Å². The predicted molar refractivity (Wildman–Crippen MR) is 72.8 cm³/mol. The lowest BCUT2D eigenvalue weighted by atomic mass is 9.47. The lowest BCUT2D eigenvalue weighted by Gasteiger charge is -2.58. The van der Waals surface area contributed by atoms with Gasteiger partial charge in [-0.1, -0.05) is 39.3 Å². The van der Waals surface area contributed by atoms with Crippen LogP contribution in [-0.4, -0.2) is 11.7 Å². The number of hydrogen-bond acceptors (Lipinski definition) is 1. The number of aliphatic hydroxyl groups is 1. The first-order valence-corrected chi connectivity index (χ1v) is 7.20. The maximum absolute atomic E-state index is 9.33. The van der Waals surface area contributed by atoms with Crippen LogP contribution in [0, 0.1) is 22.7 Å². The third-order valence-electron chi connectivity index (χ3n) is 5.74. The van der Waals surface area contributed by atoms with Crippen molar-refractivity contribution in [3.63, 3.8) is 0 Å². The molecule has 0 amide bonds. The van der Waals surface area contributed by atoms with Crippen LogP contribution in [0.3, 0.4) is 0 Å². The van der Waals surface area contributed by atoms with Crippen molar-refractivity contribution in [3.8, 4) is 0 Å². The zero-order valence-corrected chi connectivity index (χ0v) is 11.8. The average molecular weight is 236 g/mol. The van der Waals surface area contributed by atoms with E-state index in [0.29, 0.717) is 23.4 Å². The first kappa shape index (κ1) is 13.1. The van der Waals surface area contributed by atoms with Crippen LogP contribution in [0.4, 0.5) is 0 Å². The summed E-state index contributed by atoms with van der Waals surface area (Å²) in [5, 5.41) is 9.33. The number of aliphatic hydroxyl groups excluding tert-OH is 1. The molecule has 0 heterocycles. The van der Waals surface area contributed by atoms with Crippen LogP contribution < -0.4 is 0 Å². The second-order valence-corrected chi connectivity index (χ2v) is 7.16. The van der Waals surface area contributed by atoms with Gasteiger partial charge in [0.15, 0.2) is 0 Å². The standard InChI is InChI=1S/C16H28O/c1-12-6-7-14-15(2,3)9-5-10-16(14,4)13(12)8-11-17/h13-14,17H,1,5-11H2,2-4H3/t13?,14?,16-/m1/s1. The van der Waals surface area contributed by atoms with Crippen molar-refractivity contribution in [1.29, 1.82) is 0 Å². The summed E-state index contributed by atoms with van der Waals surface area (Å²) in [6, 6.07) is 0. The molecular weight excluding hydrogens is 208 g/mol. The summed E-state index contributed by atoms with van der Waals surface area (Å²) in [5.74, 6) is 1.36. The predicted octanol–water partition coefficient (Wildman–Crippen LogP) is 4.17. The van der Waals surface area contributed by atoms with Crippen LogP contribution in [0.2, 0.25) is 0 Å². The summed E-state index contributed by atoms with van der Waals surface area (Å²) < 4.78 is 0. The molecule has 1 nitrogen and oxygen atoms in total. The van der Waals surface area contributed by atoms with Crippen molar-refractivity contribution in [2.75, 3.05) is 6.61 Å². The molecule has 0 radical (unpaired) electrons. The van der Waals surface area contributed by atoms with Gasteiger partial charge in [-0.05, 0) is 54.8 Å². The molecule has 0 spiro atoms. The Morgan fingerprint density at radius 3 is 2.65 bits per heavy atom. The van der Waals surface area contributed by atoms with E-state index in [1.54, 1.807) is 0 Å². The Hall–Kier alpha value is -0.300. The largest absolute Gasteiger partial charge is 0.396 e. The molecule has 2 saturated carbocycles. The molecule has 0 saturated heterocycles. The highest BCUT2D eigenvalue weighted by Crippen LogP contribution is 2.61. The monoisotopic (exact) mass is 236 g/mol. The number of allylic oxidation sites excluding steroid dienone is 1. The van der Waals surface area contributed by atoms with Crippen LogP contribution in [0.15, 0.2) is 12.2 Å². The lowest BCUT2D eigenvalue weighted by molar-refractivity contribution is -0.0571. The van der Waals surface area contributed by atoms with E-state index in [4.69, 9.17) is 0 Å². The SMILES string of the molecule is C=C1CCC2C(C)(C)CCC[C@]2(C)C1CCO. The Morgan fingerprint density at radius 2 is 2.00 bits per heavy atom. The van der Waals surface area contributed by atoms with Gasteiger partial charge in [-0.25, -0.2) is 0 Å². The number of rotatable bonds is 2. The van der Waals surface area contributed by atoms with E-state index in [2.05, 4.69) is 27.4 Å². The summed E-state index contributed by atoms with van der Waals surface area (Å²) in [7, 11) is 0. The van der Waals surface area contributed by atoms with Gasteiger partial charge in [-0.3, -0.25) is 0 Å². The fourth-order valence-corrected chi connectivity index (χ4v) is 4.94. The van der Waals surface area contributed by atoms with E-state index in [9.17, 15) is 5.11 Å². The molecule has 2 unspecified atom stereocenters. The maximum atomic E-state index is 9.33. The Kier molecular flexibility index (Phi) is 3.42. The van der Waals surface area contributed by atoms with Crippen LogP contribution in [0.5, 0.6) is 0 Å². The van der Waals surface area contributed by atoms with E-state index in [0.717, 1.165) is 12.3 Å². The summed E-state index contributed by atoms with van der Waals surface area (Å²) >= 11 is 0. The van der Waals surface area contributed by atoms with Gasteiger partial charge >= 0.3 is 0 Å². The minimum atomic E-state index is 0.312. The van der Waals surface area contributed by atoms with Gasteiger partial charge in [-0.15, -0.1) is 0 Å². The number of fused-ring (bicyclic) bond motifs is 1. The van der Waals surface area contributed by atoms with Crippen LogP contribution >= 0.6 is 0 Å². The molecule has 0 bridgehead atoms. The molecule has 0 aliphatic heterocycles. The quantitative estimate of drug-likeness (QED) is 0.714. The Bertz CT molecular complexity index is 305. The third kappa shape index (κ3) is 2.07. The van der Waals surface area contributed by atoms with Crippen molar-refractivity contribution >= 4 is 0 Å². The average Bonchev–Trinajstić information content (AvgIpc) is 2.22. The minimum absolute atomic E-state index is 0.312. The van der Waals surface area contributed by atoms with Crippen LogP contribution in [0.1, 0.15) is 59.3 Å². The van der Waals surface area contributed by atoms with Crippen LogP contribution in [-0.2, 0) is 0 Å². The van der Waals surface area contributed by atoms with Crippen molar-refractivity contribution in [3.05, 3.63) is 12.2 Å². The van der Waals surface area contributed by atoms with Crippen molar-refractivity contribution in [2.24, 2.45) is 22.7 Å². The molecule has 3 atom stereocenters. The fraction of sp³-hybridized carbons (Fsp3) is 0.875. The number of hydrogen-bond donors (Lipinski definition) is 1. The smallest absolute Gasteiger partial charge is 0.0436 e. The first-order chi connectivity index (χ1) is 7.92. The third-order valence-corrected chi connectivity index (χ3v) is 5.74. The van der Waals surface area contributed by atoms with Gasteiger partial charge in [0, 0.05) is 6.61 Å². The molecule has 2 fully saturated rings. The topological polar surface area (TPSA) is 20.2 Å². The Labute approximate surface area is 106 Å². The van der Waals surface area contributed by atoms with Crippen molar-refractivity contribution in [1.82, 2.24) is 0 Å². The van der Waals surface area contributed by atoms with Crippen molar-refractivity contribution in [2.45, 2.75) is 59.3 Å². The second kappa shape index (κ2) is 4.42. The molecule has 0 aromatic rings. The first-order valence-electron chi connectivity index (χ1n) is 7.20. The Morgan fingerprint density at radius 1 is 1.29 bits per heavy atom. The maximum Gasteiger partial charge on any atom is 0.0436 e. The molecular formula is C16H28O. The van der Waals surface area contributed by atoms with E-state index >= 15 is 0 Å². The summed E-state index contributed by atoms with van der Waals surface area (Å²) in [4.78, 5) is 0. The molecule has 17 heavy (non-hydrogen) atoms. The van der Waals surface area contributed by atoms with Crippen molar-refractivity contribution < 1.29 is 5.11 Å². The molecule has 2 aliphatic carbocycles. The normalized spacial score (nSPS) is 41.1. The van der Waals surface area contributed by atoms with E-state index in [-0.39, 0.29) is 0 Å². The highest BCUT2D eigenvalue weighted by Gasteiger charge is 2.52. The van der Waals surface area contributed by atoms with Gasteiger partial charge < -0.3 is 5.11 Å². The molecule has 0 aromatic carbocycles. The summed E-state index contributed by atoms with van der Waals surface area (Å²) in [5.41, 5.74) is 2.26. The highest BCUT2D eigenvalue weighted by atomic mass is 16.3. The molecule has 1 heteroatoms. The van der Waals surface area contributed by atoms with E-state index < -0.39 is 0 Å². The van der Waals surface area contributed by atoms with Gasteiger partial charge in [0.2, 0.25) is 0 Å². The van der Waals surface area contributed by atoms with Crippen LogP contribution in [0.25, 0.3) is 0 Å². The zero-order chi connectivity index (χ0) is 12.7. The van der Waals surface area contributed by atoms with Gasteiger partial charge in [0.05, 0.1) is 0 Å². The zero-order valence-electron chi connectivity index (χ0n) is 11.8. The summed E-state index contributed by atoms with van der Waals surface area (Å²) in [6.07, 6.45) is 7.44. The van der Waals surface area contributed by atoms with E-state index in [1.165, 1.54) is 37.7 Å². The molecule has 1 N–H and O–H groups in total. The summed E-state index contributed by atoms with van der Waals surface area (Å²) in [6.45, 7) is 11.9. The minimum Gasteiger partial charge on any atom is -0.396 e. The van der Waals surface area contributed by atoms with Gasteiger partial charge in [-0.2, -0.15) is 0 Å². The van der Waals surface area contributed by atoms with Gasteiger partial charge in [0.25, 0.3) is 0 Å². The molecule has 2 rings (SSSR count). The molecule has 98 valence electrons. The Balaban J connectivity index is 2.31. The lowest BCUT2D eigenvalue weighted by Crippen LogP contribution is -2.49. The highest BCUT2D eigenvalue weighted by molar-refractivity contribution is 5.15. The second-order valence-electron chi connectivity index (χ2n) is 7.16. The molecule has 2 aliphatic rings. The van der Waals surface area contributed by atoms with E-state index in [1.807, 2.05) is 0 Å². The fourth-order valence-electron chi connectivity index (χ4n) is 4.94. The molecule has 0 aromatic heterocycles.